The molecule has 3 aliphatic heterocycles. The van der Waals surface area contributed by atoms with Crippen molar-refractivity contribution in [3.8, 4) is 17.2 Å². The molecule has 1 aromatic carbocycles. The maximum absolute atomic E-state index is 5.62. The highest BCUT2D eigenvalue weighted by molar-refractivity contribution is 5.87. The summed E-state index contributed by atoms with van der Waals surface area (Å²) in [7, 11) is 1.64. The lowest BCUT2D eigenvalue weighted by atomic mass is 10.00. The van der Waals surface area contributed by atoms with Gasteiger partial charge in [-0.1, -0.05) is 5.16 Å². The summed E-state index contributed by atoms with van der Waals surface area (Å²) in [5.41, 5.74) is 2.18. The number of oxime groups is 1. The van der Waals surface area contributed by atoms with E-state index in [1.165, 1.54) is 0 Å². The van der Waals surface area contributed by atoms with Crippen LogP contribution in [0.25, 0.3) is 0 Å². The van der Waals surface area contributed by atoms with E-state index >= 15 is 0 Å². The highest BCUT2D eigenvalue weighted by Gasteiger charge is 2.25. The van der Waals surface area contributed by atoms with Crippen LogP contribution in [0.1, 0.15) is 24.8 Å². The number of methoxy groups -OCH3 is 1. The van der Waals surface area contributed by atoms with E-state index in [-0.39, 0.29) is 12.9 Å². The van der Waals surface area contributed by atoms with E-state index in [0.717, 1.165) is 69.0 Å². The normalized spacial score (nSPS) is 22.2. The first-order valence-corrected chi connectivity index (χ1v) is 9.28. The second-order valence-corrected chi connectivity index (χ2v) is 7.01. The Morgan fingerprint density at radius 3 is 2.96 bits per heavy atom. The number of benzene rings is 1. The third-order valence-corrected chi connectivity index (χ3v) is 5.08. The maximum atomic E-state index is 5.62. The Bertz CT molecular complexity index is 658. The molecule has 7 nitrogen and oxygen atoms in total. The van der Waals surface area contributed by atoms with Crippen molar-refractivity contribution in [2.24, 2.45) is 11.1 Å². The minimum absolute atomic E-state index is 0.0555. The van der Waals surface area contributed by atoms with Gasteiger partial charge < -0.3 is 29.1 Å². The number of hydrogen-bond donors (Lipinski definition) is 1. The fraction of sp³-hybridized carbons (Fsp3) is 0.632. The molecule has 0 saturated carbocycles. The molecule has 1 N–H and O–H groups in total. The molecule has 1 saturated heterocycles. The molecule has 3 aliphatic rings. The zero-order valence-electron chi connectivity index (χ0n) is 15.2. The molecule has 1 atom stereocenters. The minimum Gasteiger partial charge on any atom is -0.493 e. The standard InChI is InChI=1S/C19H26N2O5/c1-22-17-7-14(8-18-19(17)25-12-24-18)6-16-9-15(21-26-16)11-20-10-13-2-4-23-5-3-13/h7-8,13,16,20H,2-6,9-12H2,1H3. The summed E-state index contributed by atoms with van der Waals surface area (Å²) in [5.74, 6) is 2.82. The smallest absolute Gasteiger partial charge is 0.231 e. The van der Waals surface area contributed by atoms with Crippen LogP contribution < -0.4 is 19.5 Å². The molecular formula is C19H26N2O5. The van der Waals surface area contributed by atoms with Crippen molar-refractivity contribution in [3.63, 3.8) is 0 Å². The molecule has 1 fully saturated rings. The summed E-state index contributed by atoms with van der Waals surface area (Å²) in [6.45, 7) is 3.82. The molecule has 26 heavy (non-hydrogen) atoms. The fourth-order valence-electron chi connectivity index (χ4n) is 3.64. The Kier molecular flexibility index (Phi) is 5.45. The number of fused-ring (bicyclic) bond motifs is 1. The number of nitrogens with one attached hydrogen (secondary N) is 1. The van der Waals surface area contributed by atoms with E-state index in [1.54, 1.807) is 7.11 Å². The van der Waals surface area contributed by atoms with Crippen molar-refractivity contribution in [3.05, 3.63) is 17.7 Å². The number of ether oxygens (including phenoxy) is 4. The average Bonchev–Trinajstić information content (AvgIpc) is 3.31. The van der Waals surface area contributed by atoms with E-state index in [1.807, 2.05) is 12.1 Å². The lowest BCUT2D eigenvalue weighted by Gasteiger charge is -2.22. The first-order valence-electron chi connectivity index (χ1n) is 9.28. The SMILES string of the molecule is COc1cc(CC2CC(CNCC3CCOCC3)=NO2)cc2c1OCO2. The van der Waals surface area contributed by atoms with E-state index in [4.69, 9.17) is 23.8 Å². The van der Waals surface area contributed by atoms with Crippen molar-refractivity contribution in [1.29, 1.82) is 0 Å². The van der Waals surface area contributed by atoms with Gasteiger partial charge in [0.1, 0.15) is 6.10 Å². The Hall–Kier alpha value is -1.99. The van der Waals surface area contributed by atoms with Crippen molar-refractivity contribution >= 4 is 5.71 Å². The van der Waals surface area contributed by atoms with Gasteiger partial charge in [-0.2, -0.15) is 0 Å². The highest BCUT2D eigenvalue weighted by atomic mass is 16.7. The molecule has 1 unspecified atom stereocenters. The molecule has 0 aromatic heterocycles. The summed E-state index contributed by atoms with van der Waals surface area (Å²) in [6.07, 6.45) is 3.95. The van der Waals surface area contributed by atoms with Crippen LogP contribution in [0.15, 0.2) is 17.3 Å². The van der Waals surface area contributed by atoms with Crippen LogP contribution in [-0.4, -0.2) is 52.0 Å². The monoisotopic (exact) mass is 362 g/mol. The van der Waals surface area contributed by atoms with E-state index in [2.05, 4.69) is 10.5 Å². The fourth-order valence-corrected chi connectivity index (χ4v) is 3.64. The predicted octanol–water partition coefficient (Wildman–Crippen LogP) is 2.13. The lowest BCUT2D eigenvalue weighted by molar-refractivity contribution is 0.0667. The van der Waals surface area contributed by atoms with Gasteiger partial charge in [-0.05, 0) is 43.0 Å². The first-order chi connectivity index (χ1) is 12.8. The van der Waals surface area contributed by atoms with Gasteiger partial charge >= 0.3 is 0 Å². The topological polar surface area (TPSA) is 70.5 Å². The number of hydrogen-bond acceptors (Lipinski definition) is 7. The predicted molar refractivity (Wildman–Crippen MR) is 96.2 cm³/mol. The van der Waals surface area contributed by atoms with Crippen LogP contribution in [0.3, 0.4) is 0 Å². The van der Waals surface area contributed by atoms with Crippen LogP contribution in [-0.2, 0) is 16.0 Å². The number of rotatable bonds is 7. The third-order valence-electron chi connectivity index (χ3n) is 5.08. The molecule has 0 bridgehead atoms. The quantitative estimate of drug-likeness (QED) is 0.801. The Labute approximate surface area is 153 Å². The lowest BCUT2D eigenvalue weighted by Crippen LogP contribution is -2.31. The second kappa shape index (κ2) is 8.14. The summed E-state index contributed by atoms with van der Waals surface area (Å²) < 4.78 is 21.7. The van der Waals surface area contributed by atoms with Crippen LogP contribution in [0.2, 0.25) is 0 Å². The summed E-state index contributed by atoms with van der Waals surface area (Å²) in [6, 6.07) is 3.98. The van der Waals surface area contributed by atoms with Gasteiger partial charge in [0, 0.05) is 32.6 Å². The van der Waals surface area contributed by atoms with Gasteiger partial charge in [-0.3, -0.25) is 0 Å². The van der Waals surface area contributed by atoms with Gasteiger partial charge in [-0.25, -0.2) is 0 Å². The Balaban J connectivity index is 1.25. The molecular weight excluding hydrogens is 336 g/mol. The van der Waals surface area contributed by atoms with Crippen molar-refractivity contribution < 1.29 is 23.8 Å². The first kappa shape index (κ1) is 17.4. The highest BCUT2D eigenvalue weighted by Crippen LogP contribution is 2.42. The molecule has 4 rings (SSSR count). The molecule has 3 heterocycles. The maximum Gasteiger partial charge on any atom is 0.231 e. The van der Waals surface area contributed by atoms with Gasteiger partial charge in [0.2, 0.25) is 12.5 Å². The molecule has 0 spiro atoms. The zero-order valence-corrected chi connectivity index (χ0v) is 15.2. The van der Waals surface area contributed by atoms with Crippen LogP contribution in [0.4, 0.5) is 0 Å². The van der Waals surface area contributed by atoms with Crippen molar-refractivity contribution in [1.82, 2.24) is 5.32 Å². The molecule has 1 aromatic rings. The minimum atomic E-state index is 0.0555. The van der Waals surface area contributed by atoms with Crippen molar-refractivity contribution in [2.45, 2.75) is 31.8 Å². The van der Waals surface area contributed by atoms with Gasteiger partial charge in [-0.15, -0.1) is 0 Å². The van der Waals surface area contributed by atoms with Gasteiger partial charge in [0.25, 0.3) is 0 Å². The van der Waals surface area contributed by atoms with Crippen LogP contribution in [0.5, 0.6) is 17.2 Å². The summed E-state index contributed by atoms with van der Waals surface area (Å²) in [5, 5.41) is 7.76. The van der Waals surface area contributed by atoms with E-state index in [9.17, 15) is 0 Å². The average molecular weight is 362 g/mol. The molecule has 0 aliphatic carbocycles. The van der Waals surface area contributed by atoms with E-state index in [0.29, 0.717) is 17.4 Å². The van der Waals surface area contributed by atoms with Crippen molar-refractivity contribution in [2.75, 3.05) is 40.2 Å². The third kappa shape index (κ3) is 4.04. The Morgan fingerprint density at radius 1 is 1.23 bits per heavy atom. The molecule has 0 amide bonds. The van der Waals surface area contributed by atoms with E-state index < -0.39 is 0 Å². The summed E-state index contributed by atoms with van der Waals surface area (Å²) >= 11 is 0. The van der Waals surface area contributed by atoms with Gasteiger partial charge in [0.15, 0.2) is 11.5 Å². The van der Waals surface area contributed by atoms with Crippen LogP contribution >= 0.6 is 0 Å². The number of nitrogens with zero attached hydrogens (tertiary/aromatic N) is 1. The zero-order chi connectivity index (χ0) is 17.8. The second-order valence-electron chi connectivity index (χ2n) is 7.01. The largest absolute Gasteiger partial charge is 0.493 e. The summed E-state index contributed by atoms with van der Waals surface area (Å²) in [4.78, 5) is 5.62. The molecule has 7 heteroatoms. The Morgan fingerprint density at radius 2 is 2.12 bits per heavy atom. The van der Waals surface area contributed by atoms with Crippen LogP contribution in [0, 0.1) is 5.92 Å². The van der Waals surface area contributed by atoms with Gasteiger partial charge in [0.05, 0.1) is 12.8 Å². The molecule has 142 valence electrons. The molecule has 0 radical (unpaired) electrons.